The number of carbonyl (C=O) groups excluding carboxylic acids is 1. The maximum absolute atomic E-state index is 11.9. The van der Waals surface area contributed by atoms with E-state index in [9.17, 15) is 4.79 Å². The summed E-state index contributed by atoms with van der Waals surface area (Å²) in [6.07, 6.45) is 2.36. The Balaban J connectivity index is 2.35. The van der Waals surface area contributed by atoms with Crippen molar-refractivity contribution < 1.29 is 9.53 Å². The van der Waals surface area contributed by atoms with Gasteiger partial charge in [-0.3, -0.25) is 4.79 Å². The van der Waals surface area contributed by atoms with Crippen LogP contribution in [0.5, 0.6) is 0 Å². The third-order valence-corrected chi connectivity index (χ3v) is 2.77. The molecule has 2 nitrogen and oxygen atoms in total. The van der Waals surface area contributed by atoms with E-state index in [1.165, 1.54) is 0 Å². The fourth-order valence-corrected chi connectivity index (χ4v) is 1.76. The number of ether oxygens (including phenoxy) is 1. The summed E-state index contributed by atoms with van der Waals surface area (Å²) in [5.74, 6) is 0.803. The summed E-state index contributed by atoms with van der Waals surface area (Å²) < 4.78 is 5.71. The van der Waals surface area contributed by atoms with Gasteiger partial charge in [0.2, 0.25) is 5.78 Å². The average molecular weight is 202 g/mol. The van der Waals surface area contributed by atoms with Crippen LogP contribution < -0.4 is 0 Å². The molecule has 15 heavy (non-hydrogen) atoms. The average Bonchev–Trinajstić information content (AvgIpc) is 2.57. The van der Waals surface area contributed by atoms with Crippen LogP contribution in [-0.4, -0.2) is 5.78 Å². The molecule has 1 aromatic carbocycles. The van der Waals surface area contributed by atoms with Crippen LogP contribution in [0.2, 0.25) is 0 Å². The van der Waals surface area contributed by atoms with Crippen molar-refractivity contribution in [2.45, 2.75) is 25.9 Å². The van der Waals surface area contributed by atoms with Crippen molar-refractivity contribution in [3.05, 3.63) is 47.7 Å². The van der Waals surface area contributed by atoms with E-state index in [1.807, 2.05) is 44.2 Å². The summed E-state index contributed by atoms with van der Waals surface area (Å²) in [4.78, 5) is 11.9. The van der Waals surface area contributed by atoms with Gasteiger partial charge < -0.3 is 4.74 Å². The predicted octanol–water partition coefficient (Wildman–Crippen LogP) is 2.80. The molecule has 0 aromatic heterocycles. The van der Waals surface area contributed by atoms with Gasteiger partial charge in [-0.2, -0.15) is 0 Å². The zero-order valence-corrected chi connectivity index (χ0v) is 8.99. The third-order valence-electron chi connectivity index (χ3n) is 2.77. The molecule has 0 saturated heterocycles. The molecular weight excluding hydrogens is 188 g/mol. The highest BCUT2D eigenvalue weighted by Crippen LogP contribution is 2.35. The second-order valence-corrected chi connectivity index (χ2v) is 3.83. The fourth-order valence-electron chi connectivity index (χ4n) is 1.76. The van der Waals surface area contributed by atoms with E-state index in [0.29, 0.717) is 0 Å². The van der Waals surface area contributed by atoms with Gasteiger partial charge in [0, 0.05) is 18.1 Å². The van der Waals surface area contributed by atoms with E-state index in [0.717, 1.165) is 17.7 Å². The molecule has 1 atom stereocenters. The number of hydrogen-bond acceptors (Lipinski definition) is 2. The zero-order valence-electron chi connectivity index (χ0n) is 8.99. The summed E-state index contributed by atoms with van der Waals surface area (Å²) >= 11 is 0. The number of benzene rings is 1. The van der Waals surface area contributed by atoms with Crippen LogP contribution in [0.3, 0.4) is 0 Å². The summed E-state index contributed by atoms with van der Waals surface area (Å²) in [5, 5.41) is 0. The molecule has 0 saturated carbocycles. The lowest BCUT2D eigenvalue weighted by Gasteiger charge is -2.24. The molecule has 1 aliphatic heterocycles. The minimum absolute atomic E-state index is 0.0329. The molecule has 0 spiro atoms. The molecule has 1 heterocycles. The fraction of sp³-hybridized carbons (Fsp3) is 0.308. The molecule has 0 aliphatic carbocycles. The van der Waals surface area contributed by atoms with Crippen LogP contribution in [-0.2, 0) is 15.1 Å². The Labute approximate surface area is 89.6 Å². The highest BCUT2D eigenvalue weighted by Gasteiger charge is 2.40. The van der Waals surface area contributed by atoms with E-state index in [1.54, 1.807) is 6.08 Å². The van der Waals surface area contributed by atoms with E-state index < -0.39 is 5.60 Å². The maximum atomic E-state index is 11.9. The van der Waals surface area contributed by atoms with Gasteiger partial charge in [-0.25, -0.2) is 0 Å². The Hall–Kier alpha value is -1.57. The Kier molecular flexibility index (Phi) is 2.35. The van der Waals surface area contributed by atoms with Crippen LogP contribution in [0.15, 0.2) is 42.2 Å². The van der Waals surface area contributed by atoms with Gasteiger partial charge >= 0.3 is 0 Å². The first-order valence-electron chi connectivity index (χ1n) is 5.16. The molecular formula is C13H14O2. The van der Waals surface area contributed by atoms with Crippen LogP contribution in [0.4, 0.5) is 0 Å². The van der Waals surface area contributed by atoms with Crippen molar-refractivity contribution in [3.8, 4) is 0 Å². The SMILES string of the molecule is CCC1=CC(=O)[C@@](C)(c2ccccc2)O1. The Morgan fingerprint density at radius 2 is 1.93 bits per heavy atom. The van der Waals surface area contributed by atoms with Crippen LogP contribution in [0, 0.1) is 0 Å². The summed E-state index contributed by atoms with van der Waals surface area (Å²) in [6, 6.07) is 9.61. The Morgan fingerprint density at radius 1 is 1.27 bits per heavy atom. The number of allylic oxidation sites excluding steroid dienone is 1. The largest absolute Gasteiger partial charge is 0.479 e. The molecule has 0 bridgehead atoms. The molecule has 78 valence electrons. The molecule has 0 radical (unpaired) electrons. The van der Waals surface area contributed by atoms with Crippen LogP contribution in [0.25, 0.3) is 0 Å². The standard InChI is InChI=1S/C13H14O2/c1-3-11-9-12(14)13(2,15-11)10-7-5-4-6-8-10/h4-9H,3H2,1-2H3/t13-/m1/s1. The van der Waals surface area contributed by atoms with Gasteiger partial charge in [-0.05, 0) is 6.92 Å². The highest BCUT2D eigenvalue weighted by atomic mass is 16.5. The number of rotatable bonds is 2. The first-order chi connectivity index (χ1) is 7.16. The molecule has 1 aliphatic rings. The number of hydrogen-bond donors (Lipinski definition) is 0. The van der Waals surface area contributed by atoms with Crippen molar-refractivity contribution in [1.29, 1.82) is 0 Å². The smallest absolute Gasteiger partial charge is 0.206 e. The van der Waals surface area contributed by atoms with Crippen molar-refractivity contribution in [1.82, 2.24) is 0 Å². The van der Waals surface area contributed by atoms with E-state index >= 15 is 0 Å². The normalized spacial score (nSPS) is 24.9. The van der Waals surface area contributed by atoms with Gasteiger partial charge in [-0.1, -0.05) is 37.3 Å². The molecule has 0 N–H and O–H groups in total. The van der Waals surface area contributed by atoms with Crippen LogP contribution >= 0.6 is 0 Å². The molecule has 2 heteroatoms. The minimum Gasteiger partial charge on any atom is -0.479 e. The van der Waals surface area contributed by atoms with Gasteiger partial charge in [0.25, 0.3) is 0 Å². The van der Waals surface area contributed by atoms with Crippen molar-refractivity contribution in [2.75, 3.05) is 0 Å². The second kappa shape index (κ2) is 3.54. The van der Waals surface area contributed by atoms with Crippen molar-refractivity contribution >= 4 is 5.78 Å². The summed E-state index contributed by atoms with van der Waals surface area (Å²) in [7, 11) is 0. The van der Waals surface area contributed by atoms with E-state index in [4.69, 9.17) is 4.74 Å². The topological polar surface area (TPSA) is 26.3 Å². The lowest BCUT2D eigenvalue weighted by Crippen LogP contribution is -2.29. The lowest BCUT2D eigenvalue weighted by molar-refractivity contribution is -0.129. The predicted molar refractivity (Wildman–Crippen MR) is 58.3 cm³/mol. The second-order valence-electron chi connectivity index (χ2n) is 3.83. The summed E-state index contributed by atoms with van der Waals surface area (Å²) in [6.45, 7) is 3.81. The number of carbonyl (C=O) groups is 1. The van der Waals surface area contributed by atoms with Crippen molar-refractivity contribution in [2.24, 2.45) is 0 Å². The summed E-state index contributed by atoms with van der Waals surface area (Å²) in [5.41, 5.74) is 0.0989. The Bertz CT molecular complexity index is 406. The van der Waals surface area contributed by atoms with E-state index in [-0.39, 0.29) is 5.78 Å². The molecule has 0 amide bonds. The first-order valence-corrected chi connectivity index (χ1v) is 5.16. The Morgan fingerprint density at radius 3 is 2.47 bits per heavy atom. The van der Waals surface area contributed by atoms with Gasteiger partial charge in [0.15, 0.2) is 5.60 Å². The lowest BCUT2D eigenvalue weighted by atomic mass is 9.92. The van der Waals surface area contributed by atoms with Gasteiger partial charge in [-0.15, -0.1) is 0 Å². The zero-order chi connectivity index (χ0) is 10.9. The maximum Gasteiger partial charge on any atom is 0.206 e. The van der Waals surface area contributed by atoms with Crippen molar-refractivity contribution in [3.63, 3.8) is 0 Å². The monoisotopic (exact) mass is 202 g/mol. The first kappa shape index (κ1) is 9.97. The molecule has 2 rings (SSSR count). The minimum atomic E-state index is -0.813. The molecule has 1 aromatic rings. The van der Waals surface area contributed by atoms with E-state index in [2.05, 4.69) is 0 Å². The third kappa shape index (κ3) is 1.56. The molecule has 0 unspecified atom stereocenters. The quantitative estimate of drug-likeness (QED) is 0.737. The number of ketones is 1. The van der Waals surface area contributed by atoms with Gasteiger partial charge in [0.1, 0.15) is 5.76 Å². The highest BCUT2D eigenvalue weighted by molar-refractivity contribution is 5.99. The molecule has 0 fully saturated rings. The van der Waals surface area contributed by atoms with Crippen LogP contribution in [0.1, 0.15) is 25.8 Å². The van der Waals surface area contributed by atoms with Gasteiger partial charge in [0.05, 0.1) is 0 Å².